The molecule has 1 aliphatic rings. The van der Waals surface area contributed by atoms with E-state index in [2.05, 4.69) is 24.4 Å². The summed E-state index contributed by atoms with van der Waals surface area (Å²) in [6, 6.07) is 9.06. The van der Waals surface area contributed by atoms with Gasteiger partial charge in [0.15, 0.2) is 11.6 Å². The first-order valence-electron chi connectivity index (χ1n) is 10.4. The highest BCUT2D eigenvalue weighted by molar-refractivity contribution is 7.98. The maximum absolute atomic E-state index is 15.0. The lowest BCUT2D eigenvalue weighted by atomic mass is 10.00. The minimum absolute atomic E-state index is 0.0873. The minimum Gasteiger partial charge on any atom is -0.424 e. The maximum atomic E-state index is 15.0. The molecule has 4 aromatic rings. The smallest absolute Gasteiger partial charge is 0.340 e. The van der Waals surface area contributed by atoms with Crippen molar-refractivity contribution < 1.29 is 13.5 Å². The molecule has 0 spiro atoms. The van der Waals surface area contributed by atoms with Crippen molar-refractivity contribution in [3.8, 4) is 11.8 Å². The molecular weight excluding hydrogens is 445 g/mol. The number of aromatic nitrogens is 3. The van der Waals surface area contributed by atoms with Crippen LogP contribution in [0.1, 0.15) is 29.5 Å². The van der Waals surface area contributed by atoms with Crippen molar-refractivity contribution >= 4 is 28.9 Å². The third-order valence-electron chi connectivity index (χ3n) is 5.30. The van der Waals surface area contributed by atoms with Gasteiger partial charge >= 0.3 is 11.6 Å². The van der Waals surface area contributed by atoms with E-state index in [9.17, 15) is 4.79 Å². The van der Waals surface area contributed by atoms with E-state index in [-0.39, 0.29) is 18.2 Å². The van der Waals surface area contributed by atoms with Gasteiger partial charge in [0.05, 0.1) is 0 Å². The van der Waals surface area contributed by atoms with Crippen molar-refractivity contribution in [1.29, 1.82) is 0 Å². The zero-order valence-electron chi connectivity index (χ0n) is 17.7. The van der Waals surface area contributed by atoms with Crippen molar-refractivity contribution in [2.75, 3.05) is 4.72 Å². The Bertz CT molecular complexity index is 1360. The van der Waals surface area contributed by atoms with E-state index in [1.54, 1.807) is 42.7 Å². The molecule has 0 atom stereocenters. The van der Waals surface area contributed by atoms with Gasteiger partial charge in [0, 0.05) is 60.2 Å². The molecule has 0 bridgehead atoms. The van der Waals surface area contributed by atoms with E-state index < -0.39 is 11.4 Å². The van der Waals surface area contributed by atoms with Crippen molar-refractivity contribution in [2.24, 2.45) is 0 Å². The fourth-order valence-electron chi connectivity index (χ4n) is 3.33. The normalized spacial score (nSPS) is 13.3. The van der Waals surface area contributed by atoms with Gasteiger partial charge in [-0.1, -0.05) is 0 Å². The number of fused-ring (bicyclic) bond motifs is 1. The van der Waals surface area contributed by atoms with Crippen molar-refractivity contribution in [3.05, 3.63) is 81.9 Å². The van der Waals surface area contributed by atoms with E-state index in [4.69, 9.17) is 9.15 Å². The van der Waals surface area contributed by atoms with Crippen LogP contribution in [0.25, 0.3) is 11.0 Å². The van der Waals surface area contributed by atoms with Crippen LogP contribution in [0, 0.1) is 12.7 Å². The minimum atomic E-state index is -0.524. The lowest BCUT2D eigenvalue weighted by Gasteiger charge is -2.11. The molecule has 3 aromatic heterocycles. The van der Waals surface area contributed by atoms with Gasteiger partial charge in [-0.3, -0.25) is 4.72 Å². The lowest BCUT2D eigenvalue weighted by molar-refractivity contribution is 0.440. The first-order chi connectivity index (χ1) is 16.1. The molecule has 0 radical (unpaired) electrons. The standard InChI is InChI=1S/C23H20FN5O3S/c1-13-17-6-5-16(31-23-26-8-2-9-27-23)12-19(17)32-22(30)18(13)11-14-7-10-25-21(20(14)24)29-33-28-15-3-4-15/h2,5-10,12,15,28H,3-4,11H2,1H3,(H,25,29). The molecule has 168 valence electrons. The topological polar surface area (TPSA) is 102 Å². The van der Waals surface area contributed by atoms with Crippen LogP contribution in [0.15, 0.2) is 58.1 Å². The van der Waals surface area contributed by atoms with E-state index in [1.807, 2.05) is 6.92 Å². The molecule has 1 aliphatic carbocycles. The number of nitrogens with zero attached hydrogens (tertiary/aromatic N) is 3. The van der Waals surface area contributed by atoms with Gasteiger partial charge in [0.2, 0.25) is 0 Å². The number of halogens is 1. The molecule has 0 saturated heterocycles. The van der Waals surface area contributed by atoms with Gasteiger partial charge in [-0.2, -0.15) is 0 Å². The Kier molecular flexibility index (Phi) is 5.93. The number of benzene rings is 1. The molecule has 8 nitrogen and oxygen atoms in total. The Morgan fingerprint density at radius 3 is 2.79 bits per heavy atom. The first kappa shape index (κ1) is 21.4. The molecular formula is C23H20FN5O3S. The summed E-state index contributed by atoms with van der Waals surface area (Å²) in [7, 11) is 0. The number of ether oxygens (including phenoxy) is 1. The number of nitrogens with one attached hydrogen (secondary N) is 2. The summed E-state index contributed by atoms with van der Waals surface area (Å²) in [4.78, 5) is 24.9. The zero-order chi connectivity index (χ0) is 22.8. The molecule has 1 aromatic carbocycles. The number of pyridine rings is 1. The van der Waals surface area contributed by atoms with Crippen LogP contribution in [0.4, 0.5) is 10.2 Å². The van der Waals surface area contributed by atoms with Crippen molar-refractivity contribution in [3.63, 3.8) is 0 Å². The number of aryl methyl sites for hydroxylation is 1. The van der Waals surface area contributed by atoms with E-state index >= 15 is 4.39 Å². The quantitative estimate of drug-likeness (QED) is 0.287. The average molecular weight is 466 g/mol. The Morgan fingerprint density at radius 2 is 2.00 bits per heavy atom. The first-order valence-corrected chi connectivity index (χ1v) is 11.2. The van der Waals surface area contributed by atoms with Crippen LogP contribution in [-0.4, -0.2) is 21.0 Å². The number of hydrogen-bond donors (Lipinski definition) is 2. The van der Waals surface area contributed by atoms with Gasteiger partial charge in [-0.05, 0) is 55.2 Å². The maximum Gasteiger partial charge on any atom is 0.340 e. The predicted molar refractivity (Wildman–Crippen MR) is 124 cm³/mol. The predicted octanol–water partition coefficient (Wildman–Crippen LogP) is 4.54. The molecule has 5 rings (SSSR count). The molecule has 3 heterocycles. The third-order valence-corrected chi connectivity index (χ3v) is 6.04. The van der Waals surface area contributed by atoms with Crippen LogP contribution in [-0.2, 0) is 6.42 Å². The van der Waals surface area contributed by atoms with Gasteiger partial charge in [-0.15, -0.1) is 0 Å². The molecule has 2 N–H and O–H groups in total. The van der Waals surface area contributed by atoms with Crippen LogP contribution >= 0.6 is 12.1 Å². The second kappa shape index (κ2) is 9.16. The molecule has 1 fully saturated rings. The number of anilines is 1. The SMILES string of the molecule is Cc1c(Cc2ccnc(NSNC3CC3)c2F)c(=O)oc2cc(Oc3ncccn3)ccc12. The zero-order valence-corrected chi connectivity index (χ0v) is 18.5. The van der Waals surface area contributed by atoms with E-state index in [0.717, 1.165) is 23.8 Å². The summed E-state index contributed by atoms with van der Waals surface area (Å²) in [5.74, 6) is 0.0729. The van der Waals surface area contributed by atoms with Crippen LogP contribution < -0.4 is 19.8 Å². The van der Waals surface area contributed by atoms with Crippen LogP contribution in [0.3, 0.4) is 0 Å². The summed E-state index contributed by atoms with van der Waals surface area (Å²) in [6.07, 6.45) is 6.99. The molecule has 0 aliphatic heterocycles. The van der Waals surface area contributed by atoms with Crippen LogP contribution in [0.2, 0.25) is 0 Å². The Hall–Kier alpha value is -3.50. The summed E-state index contributed by atoms with van der Waals surface area (Å²) >= 11 is 1.21. The summed E-state index contributed by atoms with van der Waals surface area (Å²) in [5, 5.41) is 0.739. The molecule has 33 heavy (non-hydrogen) atoms. The fraction of sp³-hybridized carbons (Fsp3) is 0.217. The number of rotatable bonds is 8. The Labute approximate surface area is 192 Å². The molecule has 0 unspecified atom stereocenters. The van der Waals surface area contributed by atoms with Gasteiger partial charge in [-0.25, -0.2) is 28.9 Å². The summed E-state index contributed by atoms with van der Waals surface area (Å²) in [6.45, 7) is 1.82. The largest absolute Gasteiger partial charge is 0.424 e. The highest BCUT2D eigenvalue weighted by Gasteiger charge is 2.21. The Balaban J connectivity index is 1.40. The van der Waals surface area contributed by atoms with E-state index in [0.29, 0.717) is 28.5 Å². The van der Waals surface area contributed by atoms with Gasteiger partial charge in [0.1, 0.15) is 11.3 Å². The third kappa shape index (κ3) is 4.81. The summed E-state index contributed by atoms with van der Waals surface area (Å²) < 4.78 is 32.2. The molecule has 1 saturated carbocycles. The average Bonchev–Trinajstić information content (AvgIpc) is 3.64. The highest BCUT2D eigenvalue weighted by Crippen LogP contribution is 2.28. The van der Waals surface area contributed by atoms with Gasteiger partial charge < -0.3 is 9.15 Å². The van der Waals surface area contributed by atoms with Gasteiger partial charge in [0.25, 0.3) is 0 Å². The number of hydrogen-bond acceptors (Lipinski definition) is 9. The van der Waals surface area contributed by atoms with E-state index in [1.165, 1.54) is 18.3 Å². The summed E-state index contributed by atoms with van der Waals surface area (Å²) in [5.41, 5.74) is 1.32. The van der Waals surface area contributed by atoms with Crippen LogP contribution in [0.5, 0.6) is 11.8 Å². The fourth-order valence-corrected chi connectivity index (χ4v) is 4.03. The van der Waals surface area contributed by atoms with Crippen molar-refractivity contribution in [2.45, 2.75) is 32.2 Å². The lowest BCUT2D eigenvalue weighted by Crippen LogP contribution is -2.13. The molecule has 0 amide bonds. The van der Waals surface area contributed by atoms with Crippen molar-refractivity contribution in [1.82, 2.24) is 19.7 Å². The molecule has 10 heteroatoms. The monoisotopic (exact) mass is 465 g/mol. The second-order valence-electron chi connectivity index (χ2n) is 7.69. The highest BCUT2D eigenvalue weighted by atomic mass is 32.2. The Morgan fingerprint density at radius 1 is 1.18 bits per heavy atom. The second-order valence-corrected chi connectivity index (χ2v) is 8.33.